The quantitative estimate of drug-likeness (QED) is 0.591. The summed E-state index contributed by atoms with van der Waals surface area (Å²) in [5.74, 6) is -0.733. The van der Waals surface area contributed by atoms with Crippen molar-refractivity contribution in [3.8, 4) is 0 Å². The molecule has 1 aliphatic heterocycles. The fourth-order valence-corrected chi connectivity index (χ4v) is 2.28. The van der Waals surface area contributed by atoms with E-state index in [1.165, 1.54) is 4.90 Å². The molecule has 0 bridgehead atoms. The van der Waals surface area contributed by atoms with Crippen molar-refractivity contribution in [1.82, 2.24) is 10.2 Å². The standard InChI is InChI=1S/C12H16N2O3/c1-2-3-4-8-14-10(16)12(6-5-7-12)9(15)13-11(14)17/h2-3H,4-8H2,1H3,(H,13,15,17)/b3-2+. The van der Waals surface area contributed by atoms with E-state index in [0.29, 0.717) is 25.8 Å². The van der Waals surface area contributed by atoms with Gasteiger partial charge in [-0.2, -0.15) is 0 Å². The van der Waals surface area contributed by atoms with Crippen LogP contribution in [-0.2, 0) is 9.59 Å². The number of rotatable bonds is 3. The summed E-state index contributed by atoms with van der Waals surface area (Å²) in [5, 5.41) is 2.28. The van der Waals surface area contributed by atoms with E-state index in [0.717, 1.165) is 6.42 Å². The number of hydrogen-bond donors (Lipinski definition) is 1. The van der Waals surface area contributed by atoms with Crippen LogP contribution in [0.15, 0.2) is 12.2 Å². The third-order valence-electron chi connectivity index (χ3n) is 3.52. The van der Waals surface area contributed by atoms with Gasteiger partial charge in [0.1, 0.15) is 5.41 Å². The molecule has 0 atom stereocenters. The summed E-state index contributed by atoms with van der Waals surface area (Å²) in [4.78, 5) is 36.6. The molecule has 0 aromatic heterocycles. The second-order valence-electron chi connectivity index (χ2n) is 4.51. The lowest BCUT2D eigenvalue weighted by molar-refractivity contribution is -0.157. The van der Waals surface area contributed by atoms with Crippen LogP contribution in [0.2, 0.25) is 0 Å². The molecule has 0 aromatic carbocycles. The van der Waals surface area contributed by atoms with E-state index in [4.69, 9.17) is 0 Å². The van der Waals surface area contributed by atoms with Gasteiger partial charge in [0.05, 0.1) is 0 Å². The minimum atomic E-state index is -0.941. The predicted molar refractivity (Wildman–Crippen MR) is 61.0 cm³/mol. The zero-order chi connectivity index (χ0) is 12.5. The van der Waals surface area contributed by atoms with Gasteiger partial charge in [0, 0.05) is 6.54 Å². The number of carbonyl (C=O) groups is 3. The van der Waals surface area contributed by atoms with E-state index in [2.05, 4.69) is 5.32 Å². The number of imide groups is 2. The van der Waals surface area contributed by atoms with Crippen molar-refractivity contribution >= 4 is 17.8 Å². The van der Waals surface area contributed by atoms with E-state index in [9.17, 15) is 14.4 Å². The minimum absolute atomic E-state index is 0.318. The van der Waals surface area contributed by atoms with Gasteiger partial charge in [-0.25, -0.2) is 4.79 Å². The van der Waals surface area contributed by atoms with Gasteiger partial charge in [-0.3, -0.25) is 19.8 Å². The molecule has 1 heterocycles. The lowest BCUT2D eigenvalue weighted by atomic mass is 9.66. The van der Waals surface area contributed by atoms with Crippen LogP contribution < -0.4 is 5.32 Å². The maximum atomic E-state index is 12.2. The highest BCUT2D eigenvalue weighted by Crippen LogP contribution is 2.44. The largest absolute Gasteiger partial charge is 0.330 e. The fraction of sp³-hybridized carbons (Fsp3) is 0.583. The summed E-state index contributed by atoms with van der Waals surface area (Å²) in [7, 11) is 0. The average molecular weight is 236 g/mol. The van der Waals surface area contributed by atoms with Crippen molar-refractivity contribution in [1.29, 1.82) is 0 Å². The molecular weight excluding hydrogens is 220 g/mol. The Labute approximate surface area is 99.8 Å². The van der Waals surface area contributed by atoms with Crippen LogP contribution in [0.1, 0.15) is 32.6 Å². The molecule has 1 saturated heterocycles. The number of carbonyl (C=O) groups excluding carboxylic acids is 3. The summed E-state index contributed by atoms with van der Waals surface area (Å²) in [6, 6.07) is -0.581. The van der Waals surface area contributed by atoms with Gasteiger partial charge in [0.15, 0.2) is 0 Å². The second-order valence-corrected chi connectivity index (χ2v) is 4.51. The first-order valence-corrected chi connectivity index (χ1v) is 5.90. The number of amides is 4. The second kappa shape index (κ2) is 4.31. The molecule has 1 N–H and O–H groups in total. The van der Waals surface area contributed by atoms with Gasteiger partial charge in [-0.15, -0.1) is 0 Å². The monoisotopic (exact) mass is 236 g/mol. The van der Waals surface area contributed by atoms with Crippen LogP contribution in [0.3, 0.4) is 0 Å². The maximum absolute atomic E-state index is 12.2. The normalized spacial score (nSPS) is 23.1. The first-order chi connectivity index (χ1) is 8.12. The summed E-state index contributed by atoms with van der Waals surface area (Å²) in [5.41, 5.74) is -0.941. The minimum Gasteiger partial charge on any atom is -0.277 e. The molecule has 5 heteroatoms. The van der Waals surface area contributed by atoms with Gasteiger partial charge in [0.2, 0.25) is 11.8 Å². The van der Waals surface area contributed by atoms with E-state index < -0.39 is 17.4 Å². The summed E-state index contributed by atoms with van der Waals surface area (Å²) in [6.07, 6.45) is 6.38. The van der Waals surface area contributed by atoms with Crippen molar-refractivity contribution < 1.29 is 14.4 Å². The zero-order valence-electron chi connectivity index (χ0n) is 9.86. The Bertz CT molecular complexity index is 397. The van der Waals surface area contributed by atoms with Gasteiger partial charge >= 0.3 is 6.03 Å². The fourth-order valence-electron chi connectivity index (χ4n) is 2.28. The van der Waals surface area contributed by atoms with E-state index in [1.807, 2.05) is 19.1 Å². The SMILES string of the molecule is C/C=C/CCN1C(=O)NC(=O)C2(CCC2)C1=O. The molecule has 2 aliphatic rings. The van der Waals surface area contributed by atoms with Crippen LogP contribution in [0.5, 0.6) is 0 Å². The zero-order valence-corrected chi connectivity index (χ0v) is 9.86. The highest BCUT2D eigenvalue weighted by Gasteiger charge is 2.56. The number of hydrogen-bond acceptors (Lipinski definition) is 3. The van der Waals surface area contributed by atoms with Gasteiger partial charge in [0.25, 0.3) is 0 Å². The van der Waals surface area contributed by atoms with Crippen molar-refractivity contribution in [3.05, 3.63) is 12.2 Å². The molecule has 0 aromatic rings. The van der Waals surface area contributed by atoms with Crippen LogP contribution in [0.4, 0.5) is 4.79 Å². The molecule has 2 rings (SSSR count). The first kappa shape index (κ1) is 11.8. The smallest absolute Gasteiger partial charge is 0.277 e. The Morgan fingerprint density at radius 1 is 1.35 bits per heavy atom. The lowest BCUT2D eigenvalue weighted by Gasteiger charge is -2.44. The lowest BCUT2D eigenvalue weighted by Crippen LogP contribution is -2.66. The highest BCUT2D eigenvalue weighted by atomic mass is 16.2. The highest BCUT2D eigenvalue weighted by molar-refractivity contribution is 6.19. The summed E-state index contributed by atoms with van der Waals surface area (Å²) < 4.78 is 0. The molecule has 0 unspecified atom stereocenters. The number of nitrogens with one attached hydrogen (secondary N) is 1. The molecule has 1 aliphatic carbocycles. The number of nitrogens with zero attached hydrogens (tertiary/aromatic N) is 1. The third kappa shape index (κ3) is 1.75. The topological polar surface area (TPSA) is 66.5 Å². The Balaban J connectivity index is 2.12. The molecule has 92 valence electrons. The van der Waals surface area contributed by atoms with Gasteiger partial charge in [-0.05, 0) is 26.2 Å². The van der Waals surface area contributed by atoms with Crippen LogP contribution in [0, 0.1) is 5.41 Å². The van der Waals surface area contributed by atoms with Crippen molar-refractivity contribution in [2.45, 2.75) is 32.6 Å². The maximum Gasteiger partial charge on any atom is 0.330 e. The Morgan fingerprint density at radius 2 is 2.06 bits per heavy atom. The molecular formula is C12H16N2O3. The first-order valence-electron chi connectivity index (χ1n) is 5.90. The molecule has 0 radical (unpaired) electrons. The third-order valence-corrected chi connectivity index (χ3v) is 3.52. The van der Waals surface area contributed by atoms with Crippen molar-refractivity contribution in [3.63, 3.8) is 0 Å². The Hall–Kier alpha value is -1.65. The molecule has 1 saturated carbocycles. The molecule has 4 amide bonds. The Kier molecular flexibility index (Phi) is 3.00. The van der Waals surface area contributed by atoms with Crippen molar-refractivity contribution in [2.75, 3.05) is 6.54 Å². The van der Waals surface area contributed by atoms with E-state index >= 15 is 0 Å². The predicted octanol–water partition coefficient (Wildman–Crippen LogP) is 1.20. The van der Waals surface area contributed by atoms with E-state index in [1.54, 1.807) is 0 Å². The molecule has 2 fully saturated rings. The van der Waals surface area contributed by atoms with Gasteiger partial charge in [-0.1, -0.05) is 18.6 Å². The molecule has 5 nitrogen and oxygen atoms in total. The van der Waals surface area contributed by atoms with Crippen LogP contribution in [0.25, 0.3) is 0 Å². The van der Waals surface area contributed by atoms with Crippen LogP contribution >= 0.6 is 0 Å². The molecule has 1 spiro atoms. The number of urea groups is 1. The van der Waals surface area contributed by atoms with E-state index in [-0.39, 0.29) is 5.91 Å². The molecule has 17 heavy (non-hydrogen) atoms. The number of allylic oxidation sites excluding steroid dienone is 1. The summed E-state index contributed by atoms with van der Waals surface area (Å²) in [6.45, 7) is 2.22. The Morgan fingerprint density at radius 3 is 2.59 bits per heavy atom. The number of barbiturate groups is 1. The van der Waals surface area contributed by atoms with Crippen molar-refractivity contribution in [2.24, 2.45) is 5.41 Å². The van der Waals surface area contributed by atoms with Gasteiger partial charge < -0.3 is 0 Å². The average Bonchev–Trinajstić information content (AvgIpc) is 2.20. The summed E-state index contributed by atoms with van der Waals surface area (Å²) >= 11 is 0. The van der Waals surface area contributed by atoms with Crippen LogP contribution in [-0.4, -0.2) is 29.3 Å².